The van der Waals surface area contributed by atoms with Gasteiger partial charge in [-0.3, -0.25) is 0 Å². The lowest BCUT2D eigenvalue weighted by Crippen LogP contribution is -2.21. The Morgan fingerprint density at radius 3 is 2.30 bits per heavy atom. The smallest absolute Gasteiger partial charge is 0.133 e. The van der Waals surface area contributed by atoms with Gasteiger partial charge in [-0.1, -0.05) is 28.1 Å². The van der Waals surface area contributed by atoms with Crippen molar-refractivity contribution in [3.63, 3.8) is 0 Å². The second-order valence-corrected chi connectivity index (χ2v) is 5.37. The van der Waals surface area contributed by atoms with Crippen LogP contribution in [0.15, 0.2) is 40.9 Å². The molecule has 1 N–H and O–H groups in total. The van der Waals surface area contributed by atoms with E-state index in [4.69, 9.17) is 0 Å². The van der Waals surface area contributed by atoms with E-state index in [1.54, 1.807) is 7.05 Å². The lowest BCUT2D eigenvalue weighted by molar-refractivity contribution is 0.475. The van der Waals surface area contributed by atoms with Gasteiger partial charge in [0.25, 0.3) is 0 Å². The van der Waals surface area contributed by atoms with Crippen molar-refractivity contribution in [2.45, 2.75) is 12.5 Å². The zero-order valence-electron chi connectivity index (χ0n) is 10.8. The van der Waals surface area contributed by atoms with Crippen molar-refractivity contribution in [1.29, 1.82) is 0 Å². The number of likely N-dealkylation sites (N-methyl/N-ethyl adjacent to an activating group) is 1. The quantitative estimate of drug-likeness (QED) is 0.869. The van der Waals surface area contributed by atoms with Crippen LogP contribution in [0.3, 0.4) is 0 Å². The highest BCUT2D eigenvalue weighted by Crippen LogP contribution is 2.25. The summed E-state index contributed by atoms with van der Waals surface area (Å²) >= 11 is 3.35. The molecule has 0 amide bonds. The molecule has 20 heavy (non-hydrogen) atoms. The Morgan fingerprint density at radius 2 is 1.75 bits per heavy atom. The lowest BCUT2D eigenvalue weighted by Gasteiger charge is -2.18. The highest BCUT2D eigenvalue weighted by Gasteiger charge is 2.20. The maximum atomic E-state index is 13.8. The summed E-state index contributed by atoms with van der Waals surface area (Å²) in [5, 5.41) is 2.87. The second kappa shape index (κ2) is 6.41. The Balaban J connectivity index is 2.34. The first-order valence-corrected chi connectivity index (χ1v) is 6.86. The standard InChI is InChI=1S/C15H13BrF3N/c1-20-14(6-9-3-2-4-10(16)5-9)15-12(18)7-11(17)8-13(15)19/h2-5,7-8,14,20H,6H2,1H3. The molecule has 5 heteroatoms. The molecule has 1 nitrogen and oxygen atoms in total. The molecular formula is C15H13BrF3N. The molecule has 1 unspecified atom stereocenters. The van der Waals surface area contributed by atoms with Crippen LogP contribution in [0.2, 0.25) is 0 Å². The van der Waals surface area contributed by atoms with E-state index in [0.717, 1.165) is 10.0 Å². The average Bonchev–Trinajstić information content (AvgIpc) is 2.36. The van der Waals surface area contributed by atoms with E-state index in [9.17, 15) is 13.2 Å². The summed E-state index contributed by atoms with van der Waals surface area (Å²) in [5.74, 6) is -2.67. The largest absolute Gasteiger partial charge is 0.313 e. The summed E-state index contributed by atoms with van der Waals surface area (Å²) in [5.41, 5.74) is 0.774. The van der Waals surface area contributed by atoms with Gasteiger partial charge in [0.05, 0.1) is 0 Å². The van der Waals surface area contributed by atoms with Crippen LogP contribution in [0.4, 0.5) is 13.2 Å². The van der Waals surface area contributed by atoms with E-state index >= 15 is 0 Å². The van der Waals surface area contributed by atoms with Gasteiger partial charge in [0, 0.05) is 28.2 Å². The average molecular weight is 344 g/mol. The zero-order chi connectivity index (χ0) is 14.7. The van der Waals surface area contributed by atoms with Gasteiger partial charge in [0.2, 0.25) is 0 Å². The Kier molecular flexibility index (Phi) is 4.83. The zero-order valence-corrected chi connectivity index (χ0v) is 12.3. The van der Waals surface area contributed by atoms with Crippen LogP contribution in [-0.4, -0.2) is 7.05 Å². The van der Waals surface area contributed by atoms with Crippen molar-refractivity contribution >= 4 is 15.9 Å². The molecule has 0 aliphatic carbocycles. The molecule has 2 rings (SSSR count). The maximum absolute atomic E-state index is 13.8. The van der Waals surface area contributed by atoms with Crippen LogP contribution in [0.5, 0.6) is 0 Å². The minimum Gasteiger partial charge on any atom is -0.313 e. The minimum atomic E-state index is -0.916. The van der Waals surface area contributed by atoms with Gasteiger partial charge >= 0.3 is 0 Å². The lowest BCUT2D eigenvalue weighted by atomic mass is 9.98. The minimum absolute atomic E-state index is 0.145. The first-order chi connectivity index (χ1) is 9.51. The van der Waals surface area contributed by atoms with E-state index in [-0.39, 0.29) is 5.56 Å². The Labute approximate surface area is 123 Å². The number of nitrogens with one attached hydrogen (secondary N) is 1. The highest BCUT2D eigenvalue weighted by atomic mass is 79.9. The fraction of sp³-hybridized carbons (Fsp3) is 0.200. The van der Waals surface area contributed by atoms with Crippen LogP contribution in [-0.2, 0) is 6.42 Å². The van der Waals surface area contributed by atoms with Crippen LogP contribution in [0.25, 0.3) is 0 Å². The monoisotopic (exact) mass is 343 g/mol. The first kappa shape index (κ1) is 15.1. The summed E-state index contributed by atoms with van der Waals surface area (Å²) < 4.78 is 41.4. The normalized spacial score (nSPS) is 12.4. The molecule has 2 aromatic carbocycles. The van der Waals surface area contributed by atoms with Crippen molar-refractivity contribution in [3.05, 3.63) is 69.4 Å². The Hall–Kier alpha value is -1.33. The van der Waals surface area contributed by atoms with Gasteiger partial charge in [-0.15, -0.1) is 0 Å². The molecule has 0 radical (unpaired) electrons. The molecule has 0 aliphatic rings. The molecule has 0 aromatic heterocycles. The van der Waals surface area contributed by atoms with Crippen molar-refractivity contribution in [3.8, 4) is 0 Å². The highest BCUT2D eigenvalue weighted by molar-refractivity contribution is 9.10. The van der Waals surface area contributed by atoms with Gasteiger partial charge < -0.3 is 5.32 Å². The van der Waals surface area contributed by atoms with Gasteiger partial charge in [-0.2, -0.15) is 0 Å². The predicted molar refractivity (Wildman–Crippen MR) is 76.0 cm³/mol. The van der Waals surface area contributed by atoms with Gasteiger partial charge in [0.15, 0.2) is 0 Å². The van der Waals surface area contributed by atoms with Gasteiger partial charge in [-0.25, -0.2) is 13.2 Å². The molecular weight excluding hydrogens is 331 g/mol. The summed E-state index contributed by atoms with van der Waals surface area (Å²) in [6.07, 6.45) is 0.398. The molecule has 0 bridgehead atoms. The fourth-order valence-corrected chi connectivity index (χ4v) is 2.58. The summed E-state index contributed by atoms with van der Waals surface area (Å²) in [6.45, 7) is 0. The van der Waals surface area contributed by atoms with E-state index in [1.807, 2.05) is 24.3 Å². The van der Waals surface area contributed by atoms with E-state index < -0.39 is 23.5 Å². The first-order valence-electron chi connectivity index (χ1n) is 6.07. The number of halogens is 4. The van der Waals surface area contributed by atoms with Crippen molar-refractivity contribution in [2.75, 3.05) is 7.05 Å². The van der Waals surface area contributed by atoms with Crippen LogP contribution in [0.1, 0.15) is 17.2 Å². The SMILES string of the molecule is CNC(Cc1cccc(Br)c1)c1c(F)cc(F)cc1F. The summed E-state index contributed by atoms with van der Waals surface area (Å²) in [7, 11) is 1.62. The third-order valence-corrected chi connectivity index (χ3v) is 3.56. The van der Waals surface area contributed by atoms with E-state index in [1.165, 1.54) is 0 Å². The van der Waals surface area contributed by atoms with Gasteiger partial charge in [-0.05, 0) is 31.2 Å². The second-order valence-electron chi connectivity index (χ2n) is 4.46. The number of hydrogen-bond donors (Lipinski definition) is 1. The van der Waals surface area contributed by atoms with Crippen LogP contribution < -0.4 is 5.32 Å². The van der Waals surface area contributed by atoms with Crippen molar-refractivity contribution < 1.29 is 13.2 Å². The van der Waals surface area contributed by atoms with Crippen LogP contribution in [0, 0.1) is 17.5 Å². The molecule has 0 spiro atoms. The molecule has 106 valence electrons. The molecule has 0 saturated heterocycles. The summed E-state index contributed by atoms with van der Waals surface area (Å²) in [4.78, 5) is 0. The van der Waals surface area contributed by atoms with Crippen molar-refractivity contribution in [2.24, 2.45) is 0 Å². The molecule has 0 fully saturated rings. The topological polar surface area (TPSA) is 12.0 Å². The molecule has 2 aromatic rings. The third-order valence-electron chi connectivity index (χ3n) is 3.07. The fourth-order valence-electron chi connectivity index (χ4n) is 2.13. The number of benzene rings is 2. The van der Waals surface area contributed by atoms with Gasteiger partial charge in [0.1, 0.15) is 17.5 Å². The number of rotatable bonds is 4. The Morgan fingerprint density at radius 1 is 1.10 bits per heavy atom. The molecule has 0 heterocycles. The molecule has 0 saturated carbocycles. The van der Waals surface area contributed by atoms with Crippen molar-refractivity contribution in [1.82, 2.24) is 5.32 Å². The van der Waals surface area contributed by atoms with E-state index in [2.05, 4.69) is 21.2 Å². The number of hydrogen-bond acceptors (Lipinski definition) is 1. The van der Waals surface area contributed by atoms with Crippen LogP contribution >= 0.6 is 15.9 Å². The maximum Gasteiger partial charge on any atom is 0.133 e. The molecule has 1 atom stereocenters. The predicted octanol–water partition coefficient (Wildman–Crippen LogP) is 4.37. The summed E-state index contributed by atoms with van der Waals surface area (Å²) in [6, 6.07) is 8.30. The Bertz CT molecular complexity index is 593. The third kappa shape index (κ3) is 3.41. The van der Waals surface area contributed by atoms with E-state index in [0.29, 0.717) is 18.6 Å². The molecule has 0 aliphatic heterocycles.